The van der Waals surface area contributed by atoms with Gasteiger partial charge in [-0.05, 0) is 54.4 Å². The van der Waals surface area contributed by atoms with Crippen LogP contribution in [0.5, 0.6) is 11.5 Å². The van der Waals surface area contributed by atoms with Gasteiger partial charge in [0.1, 0.15) is 6.61 Å². The van der Waals surface area contributed by atoms with E-state index in [1.165, 1.54) is 13.3 Å². The van der Waals surface area contributed by atoms with Gasteiger partial charge < -0.3 is 14.8 Å². The van der Waals surface area contributed by atoms with Gasteiger partial charge in [0.05, 0.1) is 24.9 Å². The summed E-state index contributed by atoms with van der Waals surface area (Å²) in [6.45, 7) is 2.41. The van der Waals surface area contributed by atoms with E-state index in [0.29, 0.717) is 33.7 Å². The number of ether oxygens (including phenoxy) is 2. The molecule has 0 atom stereocenters. The van der Waals surface area contributed by atoms with Crippen LogP contribution in [0, 0.1) is 6.92 Å². The van der Waals surface area contributed by atoms with Gasteiger partial charge in [-0.2, -0.15) is 5.10 Å². The number of anilines is 1. The van der Waals surface area contributed by atoms with Crippen molar-refractivity contribution in [1.82, 2.24) is 5.43 Å². The van der Waals surface area contributed by atoms with Gasteiger partial charge >= 0.3 is 0 Å². The van der Waals surface area contributed by atoms with Gasteiger partial charge in [-0.1, -0.05) is 53.0 Å². The molecule has 3 rings (SSSR count). The summed E-state index contributed by atoms with van der Waals surface area (Å²) < 4.78 is 11.2. The summed E-state index contributed by atoms with van der Waals surface area (Å²) in [5.41, 5.74) is 6.09. The quantitative estimate of drug-likeness (QED) is 0.321. The van der Waals surface area contributed by atoms with E-state index in [1.54, 1.807) is 24.3 Å². The molecule has 0 bridgehead atoms. The van der Waals surface area contributed by atoms with E-state index in [-0.39, 0.29) is 12.5 Å². The summed E-state index contributed by atoms with van der Waals surface area (Å²) >= 11 is 12.3. The fourth-order valence-electron chi connectivity index (χ4n) is 2.76. The van der Waals surface area contributed by atoms with Crippen LogP contribution in [0.1, 0.15) is 16.7 Å². The van der Waals surface area contributed by atoms with Crippen molar-refractivity contribution in [3.63, 3.8) is 0 Å². The molecule has 0 saturated heterocycles. The number of nitrogens with zero attached hydrogens (tertiary/aromatic N) is 1. The summed E-state index contributed by atoms with van der Waals surface area (Å²) in [6, 6.07) is 18.5. The lowest BCUT2D eigenvalue weighted by Crippen LogP contribution is -2.25. The molecule has 0 radical (unpaired) electrons. The molecule has 2 N–H and O–H groups in total. The van der Waals surface area contributed by atoms with Crippen LogP contribution < -0.4 is 20.2 Å². The Bertz CT molecular complexity index is 1080. The Morgan fingerprint density at radius 1 is 1.06 bits per heavy atom. The minimum Gasteiger partial charge on any atom is -0.493 e. The highest BCUT2D eigenvalue weighted by molar-refractivity contribution is 6.32. The fraction of sp³-hybridized carbons (Fsp3) is 0.167. The molecule has 6 nitrogen and oxygen atoms in total. The number of carbonyl (C=O) groups excluding carboxylic acids is 1. The van der Waals surface area contributed by atoms with Crippen LogP contribution in [0.15, 0.2) is 65.8 Å². The minimum absolute atomic E-state index is 0.0992. The Kier molecular flexibility index (Phi) is 8.36. The highest BCUT2D eigenvalue weighted by Crippen LogP contribution is 2.36. The number of nitrogens with one attached hydrogen (secondary N) is 2. The third-order valence-electron chi connectivity index (χ3n) is 4.46. The van der Waals surface area contributed by atoms with Crippen molar-refractivity contribution in [3.8, 4) is 11.5 Å². The summed E-state index contributed by atoms with van der Waals surface area (Å²) in [6.07, 6.45) is 1.49. The summed E-state index contributed by atoms with van der Waals surface area (Å²) in [7, 11) is 1.53. The van der Waals surface area contributed by atoms with Crippen molar-refractivity contribution in [3.05, 3.63) is 87.4 Å². The van der Waals surface area contributed by atoms with E-state index in [2.05, 4.69) is 15.8 Å². The number of halogens is 2. The standard InChI is InChI=1S/C24H23Cl2N3O3/c1-16-3-9-20(10-4-16)27-14-23(30)29-28-13-18-11-21(26)24(22(12-18)31-2)32-15-17-5-7-19(25)8-6-17/h3-13,27H,14-15H2,1-2H3,(H,29,30)/b28-13-. The lowest BCUT2D eigenvalue weighted by molar-refractivity contribution is -0.119. The number of methoxy groups -OCH3 is 1. The van der Waals surface area contributed by atoms with Crippen LogP contribution in [0.25, 0.3) is 0 Å². The molecule has 32 heavy (non-hydrogen) atoms. The van der Waals surface area contributed by atoms with Crippen LogP contribution >= 0.6 is 23.2 Å². The maximum Gasteiger partial charge on any atom is 0.259 e. The number of hydrogen-bond donors (Lipinski definition) is 2. The smallest absolute Gasteiger partial charge is 0.259 e. The third-order valence-corrected chi connectivity index (χ3v) is 4.99. The van der Waals surface area contributed by atoms with Crippen molar-refractivity contribution in [2.24, 2.45) is 5.10 Å². The van der Waals surface area contributed by atoms with Gasteiger partial charge in [0.25, 0.3) is 5.91 Å². The first-order valence-corrected chi connectivity index (χ1v) is 10.6. The highest BCUT2D eigenvalue weighted by atomic mass is 35.5. The first-order chi connectivity index (χ1) is 15.4. The predicted molar refractivity (Wildman–Crippen MR) is 129 cm³/mol. The number of aryl methyl sites for hydroxylation is 1. The molecule has 1 amide bonds. The zero-order valence-corrected chi connectivity index (χ0v) is 19.2. The van der Waals surface area contributed by atoms with Gasteiger partial charge in [-0.3, -0.25) is 4.79 Å². The number of amides is 1. The molecule has 3 aromatic carbocycles. The molecule has 0 saturated carbocycles. The second-order valence-electron chi connectivity index (χ2n) is 6.96. The van der Waals surface area contributed by atoms with Gasteiger partial charge in [0.2, 0.25) is 0 Å². The molecule has 0 fully saturated rings. The van der Waals surface area contributed by atoms with Crippen LogP contribution in [0.4, 0.5) is 5.69 Å². The first kappa shape index (κ1) is 23.4. The van der Waals surface area contributed by atoms with E-state index < -0.39 is 0 Å². The number of hydrazone groups is 1. The number of rotatable bonds is 9. The van der Waals surface area contributed by atoms with Crippen molar-refractivity contribution in [1.29, 1.82) is 0 Å². The normalized spacial score (nSPS) is 10.8. The predicted octanol–water partition coefficient (Wildman–Crippen LogP) is 5.45. The molecule has 0 aliphatic rings. The molecule has 166 valence electrons. The maximum atomic E-state index is 12.0. The van der Waals surface area contributed by atoms with E-state index >= 15 is 0 Å². The summed E-state index contributed by atoms with van der Waals surface area (Å²) in [5.74, 6) is 0.607. The Morgan fingerprint density at radius 2 is 1.78 bits per heavy atom. The van der Waals surface area contributed by atoms with Crippen LogP contribution in [0.2, 0.25) is 10.0 Å². The van der Waals surface area contributed by atoms with Crippen LogP contribution in [-0.4, -0.2) is 25.8 Å². The second-order valence-corrected chi connectivity index (χ2v) is 7.81. The monoisotopic (exact) mass is 471 g/mol. The molecule has 0 aliphatic carbocycles. The maximum absolute atomic E-state index is 12.0. The molecule has 0 unspecified atom stereocenters. The van der Waals surface area contributed by atoms with Gasteiger partial charge in [-0.15, -0.1) is 0 Å². The summed E-state index contributed by atoms with van der Waals surface area (Å²) in [5, 5.41) is 8.04. The van der Waals surface area contributed by atoms with Crippen molar-refractivity contribution >= 4 is 41.0 Å². The van der Waals surface area contributed by atoms with Crippen molar-refractivity contribution in [2.45, 2.75) is 13.5 Å². The molecule has 0 spiro atoms. The van der Waals surface area contributed by atoms with E-state index in [9.17, 15) is 4.79 Å². The lowest BCUT2D eigenvalue weighted by atomic mass is 10.2. The number of benzene rings is 3. The van der Waals surface area contributed by atoms with Crippen LogP contribution in [-0.2, 0) is 11.4 Å². The molecular weight excluding hydrogens is 449 g/mol. The molecule has 8 heteroatoms. The Hall–Kier alpha value is -3.22. The molecular formula is C24H23Cl2N3O3. The van der Waals surface area contributed by atoms with E-state index in [1.807, 2.05) is 43.3 Å². The highest BCUT2D eigenvalue weighted by Gasteiger charge is 2.12. The van der Waals surface area contributed by atoms with Crippen molar-refractivity contribution in [2.75, 3.05) is 19.0 Å². The molecule has 3 aromatic rings. The Balaban J connectivity index is 1.57. The molecule has 0 aliphatic heterocycles. The molecule has 0 aromatic heterocycles. The average molecular weight is 472 g/mol. The first-order valence-electron chi connectivity index (χ1n) is 9.82. The van der Waals surface area contributed by atoms with Gasteiger partial charge in [0.15, 0.2) is 11.5 Å². The Morgan fingerprint density at radius 3 is 2.47 bits per heavy atom. The largest absolute Gasteiger partial charge is 0.493 e. The topological polar surface area (TPSA) is 72.0 Å². The van der Waals surface area contributed by atoms with Crippen LogP contribution in [0.3, 0.4) is 0 Å². The Labute approximate surface area is 197 Å². The number of carbonyl (C=O) groups is 1. The fourth-order valence-corrected chi connectivity index (χ4v) is 3.16. The minimum atomic E-state index is -0.275. The lowest BCUT2D eigenvalue weighted by Gasteiger charge is -2.13. The zero-order valence-electron chi connectivity index (χ0n) is 17.7. The SMILES string of the molecule is COc1cc(/C=N\NC(=O)CNc2ccc(C)cc2)cc(Cl)c1OCc1ccc(Cl)cc1. The average Bonchev–Trinajstić information content (AvgIpc) is 2.79. The van der Waals surface area contributed by atoms with E-state index in [0.717, 1.165) is 16.8 Å². The van der Waals surface area contributed by atoms with E-state index in [4.69, 9.17) is 32.7 Å². The molecule has 0 heterocycles. The van der Waals surface area contributed by atoms with Crippen molar-refractivity contribution < 1.29 is 14.3 Å². The van der Waals surface area contributed by atoms with Gasteiger partial charge in [0, 0.05) is 10.7 Å². The number of hydrogen-bond acceptors (Lipinski definition) is 5. The van der Waals surface area contributed by atoms with Gasteiger partial charge in [-0.25, -0.2) is 5.43 Å². The summed E-state index contributed by atoms with van der Waals surface area (Å²) in [4.78, 5) is 12.0. The zero-order chi connectivity index (χ0) is 22.9. The second kappa shape index (κ2) is 11.4. The third kappa shape index (κ3) is 6.90.